The zero-order valence-electron chi connectivity index (χ0n) is 16.8. The minimum Gasteiger partial charge on any atom is -0.418 e. The first-order valence-corrected chi connectivity index (χ1v) is 12.5. The zero-order valence-corrected chi connectivity index (χ0v) is 17.8. The van der Waals surface area contributed by atoms with Crippen LogP contribution in [0.2, 0.25) is 19.6 Å². The van der Waals surface area contributed by atoms with E-state index in [1.165, 1.54) is 16.7 Å². The van der Waals surface area contributed by atoms with E-state index in [1.54, 1.807) is 0 Å². The predicted octanol–water partition coefficient (Wildman–Crippen LogP) is 4.19. The molecule has 24 heavy (non-hydrogen) atoms. The summed E-state index contributed by atoms with van der Waals surface area (Å²) in [5.74, 6) is 0. The summed E-state index contributed by atoms with van der Waals surface area (Å²) in [6, 6.07) is 7.18. The van der Waals surface area contributed by atoms with Crippen molar-refractivity contribution in [2.45, 2.75) is 70.9 Å². The fourth-order valence-electron chi connectivity index (χ4n) is 4.13. The van der Waals surface area contributed by atoms with Gasteiger partial charge in [0.2, 0.25) is 0 Å². The Hall–Kier alpha value is -0.683. The van der Waals surface area contributed by atoms with E-state index in [1.807, 2.05) is 0 Å². The maximum absolute atomic E-state index is 11.6. The van der Waals surface area contributed by atoms with Crippen molar-refractivity contribution in [3.63, 3.8) is 0 Å². The number of likely N-dealkylation sites (N-methyl/N-ethyl adjacent to an activating group) is 1. The fourth-order valence-corrected chi connectivity index (χ4v) is 4.85. The van der Waals surface area contributed by atoms with Crippen LogP contribution < -0.4 is 0 Å². The molecule has 0 bridgehead atoms. The van der Waals surface area contributed by atoms with E-state index in [0.29, 0.717) is 19.1 Å². The van der Waals surface area contributed by atoms with Crippen molar-refractivity contribution in [1.29, 1.82) is 0 Å². The number of hydrogen-bond acceptors (Lipinski definition) is 2. The Bertz CT molecular complexity index is 594. The zero-order chi connectivity index (χ0) is 18.3. The van der Waals surface area contributed by atoms with E-state index in [2.05, 4.69) is 72.7 Å². The first-order valence-electron chi connectivity index (χ1n) is 9.14. The lowest BCUT2D eigenvalue weighted by Gasteiger charge is -2.40. The number of likely N-dealkylation sites (tertiary alicyclic amines) is 1. The molecule has 0 amide bonds. The van der Waals surface area contributed by atoms with Gasteiger partial charge >= 0.3 is 0 Å². The van der Waals surface area contributed by atoms with Gasteiger partial charge in [-0.1, -0.05) is 12.1 Å². The summed E-state index contributed by atoms with van der Waals surface area (Å²) in [5.41, 5.74) is 3.15. The molecule has 1 N–H and O–H groups in total. The second-order valence-electron chi connectivity index (χ2n) is 9.24. The lowest BCUT2D eigenvalue weighted by atomic mass is 9.84. The number of rotatable bonds is 5. The topological polar surface area (TPSA) is 29.5 Å². The first kappa shape index (κ1) is 19.6. The van der Waals surface area contributed by atoms with Crippen LogP contribution in [0.25, 0.3) is 0 Å². The highest BCUT2D eigenvalue weighted by Gasteiger charge is 2.57. The average Bonchev–Trinajstić information content (AvgIpc) is 2.58. The van der Waals surface area contributed by atoms with Gasteiger partial charge in [0, 0.05) is 25.0 Å². The number of aliphatic hydroxyl groups is 1. The van der Waals surface area contributed by atoms with Crippen LogP contribution in [-0.2, 0) is 4.43 Å². The predicted molar refractivity (Wildman–Crippen MR) is 104 cm³/mol. The maximum atomic E-state index is 11.6. The van der Waals surface area contributed by atoms with Crippen molar-refractivity contribution in [2.24, 2.45) is 0 Å². The molecule has 3 nitrogen and oxygen atoms in total. The summed E-state index contributed by atoms with van der Waals surface area (Å²) in [6.45, 7) is 13.8. The van der Waals surface area contributed by atoms with Crippen molar-refractivity contribution in [1.82, 2.24) is 0 Å². The molecule has 3 atom stereocenters. The quantitative estimate of drug-likeness (QED) is 0.637. The Labute approximate surface area is 149 Å². The minimum atomic E-state index is -1.55. The molecule has 3 unspecified atom stereocenters. The van der Waals surface area contributed by atoms with Crippen LogP contribution in [-0.4, -0.2) is 50.3 Å². The third-order valence-electron chi connectivity index (χ3n) is 5.88. The van der Waals surface area contributed by atoms with Crippen LogP contribution >= 0.6 is 0 Å². The van der Waals surface area contributed by atoms with Crippen molar-refractivity contribution >= 4 is 8.32 Å². The fraction of sp³-hybridized carbons (Fsp3) is 0.700. The molecular formula is C20H36NO2Si+. The number of quaternary nitrogens is 1. The molecule has 136 valence electrons. The number of benzene rings is 1. The Morgan fingerprint density at radius 1 is 1.21 bits per heavy atom. The largest absolute Gasteiger partial charge is 0.418 e. The van der Waals surface area contributed by atoms with Gasteiger partial charge in [0.15, 0.2) is 8.32 Å². The molecule has 4 heteroatoms. The molecule has 1 aliphatic rings. The smallest absolute Gasteiger partial charge is 0.183 e. The van der Waals surface area contributed by atoms with Crippen LogP contribution in [0.15, 0.2) is 18.2 Å². The van der Waals surface area contributed by atoms with E-state index in [4.69, 9.17) is 4.43 Å². The molecule has 0 saturated carbocycles. The highest BCUT2D eigenvalue weighted by atomic mass is 28.4. The van der Waals surface area contributed by atoms with E-state index in [-0.39, 0.29) is 6.04 Å². The van der Waals surface area contributed by atoms with Gasteiger partial charge in [0.1, 0.15) is 11.6 Å². The van der Waals surface area contributed by atoms with Crippen molar-refractivity contribution < 1.29 is 14.0 Å². The number of hydrogen-bond donors (Lipinski definition) is 1. The second-order valence-corrected chi connectivity index (χ2v) is 13.8. The molecule has 1 fully saturated rings. The Kier molecular flexibility index (Phi) is 5.37. The Balaban J connectivity index is 2.33. The van der Waals surface area contributed by atoms with Crippen LogP contribution in [0.4, 0.5) is 0 Å². The van der Waals surface area contributed by atoms with Crippen molar-refractivity contribution in [3.8, 4) is 0 Å². The monoisotopic (exact) mass is 350 g/mol. The van der Waals surface area contributed by atoms with Gasteiger partial charge in [-0.25, -0.2) is 0 Å². The molecule has 0 aromatic heterocycles. The summed E-state index contributed by atoms with van der Waals surface area (Å²) in [4.78, 5) is 0. The maximum Gasteiger partial charge on any atom is 0.183 e. The molecule has 1 saturated heterocycles. The summed E-state index contributed by atoms with van der Waals surface area (Å²) < 4.78 is 6.88. The molecular weight excluding hydrogens is 314 g/mol. The molecule has 0 spiro atoms. The van der Waals surface area contributed by atoms with Crippen molar-refractivity contribution in [3.05, 3.63) is 34.9 Å². The SMILES string of the molecule is Cc1ccc(C2C(O)(CCO[Si](C)(C)C)CC(C)[N+]2(C)C)cc1C. The number of nitrogens with zero attached hydrogens (tertiary/aromatic N) is 1. The summed E-state index contributed by atoms with van der Waals surface area (Å²) in [7, 11) is 2.95. The first-order chi connectivity index (χ1) is 10.9. The molecule has 1 aliphatic heterocycles. The van der Waals surface area contributed by atoms with E-state index >= 15 is 0 Å². The molecule has 1 aromatic rings. The molecule has 2 rings (SSSR count). The summed E-state index contributed by atoms with van der Waals surface area (Å²) >= 11 is 0. The van der Waals surface area contributed by atoms with E-state index in [9.17, 15) is 5.11 Å². The van der Waals surface area contributed by atoms with Gasteiger partial charge in [-0.15, -0.1) is 0 Å². The van der Waals surface area contributed by atoms with E-state index in [0.717, 1.165) is 10.9 Å². The molecule has 0 aliphatic carbocycles. The van der Waals surface area contributed by atoms with Gasteiger partial charge in [-0.05, 0) is 57.6 Å². The second kappa shape index (κ2) is 6.56. The van der Waals surface area contributed by atoms with Gasteiger partial charge in [-0.2, -0.15) is 0 Å². The van der Waals surface area contributed by atoms with Crippen LogP contribution in [0, 0.1) is 13.8 Å². The Morgan fingerprint density at radius 2 is 1.83 bits per heavy atom. The third kappa shape index (κ3) is 3.93. The van der Waals surface area contributed by atoms with Crippen LogP contribution in [0.1, 0.15) is 42.5 Å². The van der Waals surface area contributed by atoms with E-state index < -0.39 is 13.9 Å². The average molecular weight is 351 g/mol. The summed E-state index contributed by atoms with van der Waals surface area (Å²) in [5, 5.41) is 11.6. The van der Waals surface area contributed by atoms with Crippen LogP contribution in [0.3, 0.4) is 0 Å². The third-order valence-corrected chi connectivity index (χ3v) is 6.95. The summed E-state index contributed by atoms with van der Waals surface area (Å²) in [6.07, 6.45) is 1.54. The lowest BCUT2D eigenvalue weighted by Crippen LogP contribution is -2.48. The number of aryl methyl sites for hydroxylation is 2. The van der Waals surface area contributed by atoms with Crippen LogP contribution in [0.5, 0.6) is 0 Å². The Morgan fingerprint density at radius 3 is 2.38 bits per heavy atom. The van der Waals surface area contributed by atoms with Crippen molar-refractivity contribution in [2.75, 3.05) is 20.7 Å². The lowest BCUT2D eigenvalue weighted by molar-refractivity contribution is -0.932. The highest BCUT2D eigenvalue weighted by Crippen LogP contribution is 2.49. The minimum absolute atomic E-state index is 0.0945. The molecule has 1 heterocycles. The van der Waals surface area contributed by atoms with Gasteiger partial charge in [-0.3, -0.25) is 0 Å². The van der Waals surface area contributed by atoms with Gasteiger partial charge < -0.3 is 14.0 Å². The normalized spacial score (nSPS) is 29.9. The van der Waals surface area contributed by atoms with Gasteiger partial charge in [0.05, 0.1) is 20.1 Å². The standard InChI is InChI=1S/C20H36NO2Si/c1-15-9-10-18(13-16(15)2)19-20(22,11-12-23-24(6,7)8)14-17(3)21(19,4)5/h9-10,13,17,19,22H,11-12,14H2,1-8H3/q+1. The molecule has 0 radical (unpaired) electrons. The highest BCUT2D eigenvalue weighted by molar-refractivity contribution is 6.69. The molecule has 1 aromatic carbocycles. The van der Waals surface area contributed by atoms with Gasteiger partial charge in [0.25, 0.3) is 0 Å².